The fourth-order valence-electron chi connectivity index (χ4n) is 2.46. The van der Waals surface area contributed by atoms with Crippen LogP contribution in [0.1, 0.15) is 31.2 Å². The van der Waals surface area contributed by atoms with Crippen molar-refractivity contribution in [1.82, 2.24) is 15.2 Å². The van der Waals surface area contributed by atoms with Crippen LogP contribution in [0.25, 0.3) is 0 Å². The van der Waals surface area contributed by atoms with Gasteiger partial charge in [0.15, 0.2) is 0 Å². The monoisotopic (exact) mass is 275 g/mol. The number of ether oxygens (including phenoxy) is 1. The average molecular weight is 275 g/mol. The Hall–Kier alpha value is -1.62. The molecule has 0 aromatic carbocycles. The first-order valence-electron chi connectivity index (χ1n) is 7.37. The van der Waals surface area contributed by atoms with Crippen molar-refractivity contribution in [3.8, 4) is 0 Å². The number of hydrogen-bond acceptors (Lipinski definition) is 3. The number of pyridine rings is 1. The minimum atomic E-state index is 0.0276. The van der Waals surface area contributed by atoms with Gasteiger partial charge in [-0.15, -0.1) is 0 Å². The molecule has 1 aliphatic heterocycles. The van der Waals surface area contributed by atoms with E-state index >= 15 is 0 Å². The number of urea groups is 1. The highest BCUT2D eigenvalue weighted by Crippen LogP contribution is 2.20. The third-order valence-electron chi connectivity index (χ3n) is 3.76. The van der Waals surface area contributed by atoms with Crippen molar-refractivity contribution in [1.29, 1.82) is 0 Å². The van der Waals surface area contributed by atoms with Gasteiger partial charge in [-0.25, -0.2) is 4.79 Å². The van der Waals surface area contributed by atoms with E-state index < -0.39 is 0 Å². The van der Waals surface area contributed by atoms with Crippen LogP contribution in [0.5, 0.6) is 0 Å². The van der Waals surface area contributed by atoms with E-state index in [9.17, 15) is 4.79 Å². The molecule has 0 bridgehead atoms. The fourth-order valence-corrected chi connectivity index (χ4v) is 2.46. The summed E-state index contributed by atoms with van der Waals surface area (Å²) in [7, 11) is 0. The Balaban J connectivity index is 1.63. The van der Waals surface area contributed by atoms with Crippen molar-refractivity contribution < 1.29 is 9.53 Å². The summed E-state index contributed by atoms with van der Waals surface area (Å²) < 4.78 is 5.66. The molecule has 2 heterocycles. The number of hydrogen-bond donors (Lipinski definition) is 1. The Morgan fingerprint density at radius 3 is 2.80 bits per heavy atom. The number of nitrogens with one attached hydrogen (secondary N) is 1. The molecule has 1 aliphatic carbocycles. The maximum atomic E-state index is 12.3. The van der Waals surface area contributed by atoms with Gasteiger partial charge >= 0.3 is 6.03 Å². The highest BCUT2D eigenvalue weighted by Gasteiger charge is 2.28. The van der Waals surface area contributed by atoms with E-state index in [1.165, 1.54) is 0 Å². The summed E-state index contributed by atoms with van der Waals surface area (Å²) in [5.41, 5.74) is 1.10. The largest absolute Gasteiger partial charge is 0.376 e. The quantitative estimate of drug-likeness (QED) is 0.893. The van der Waals surface area contributed by atoms with Gasteiger partial charge in [-0.2, -0.15) is 0 Å². The molecule has 5 nitrogen and oxygen atoms in total. The normalized spacial score (nSPS) is 21.7. The Kier molecular flexibility index (Phi) is 4.16. The zero-order valence-corrected chi connectivity index (χ0v) is 11.6. The van der Waals surface area contributed by atoms with Crippen LogP contribution in [-0.2, 0) is 11.3 Å². The molecule has 3 rings (SSSR count). The molecule has 2 aliphatic rings. The van der Waals surface area contributed by atoms with Crippen LogP contribution < -0.4 is 5.32 Å². The summed E-state index contributed by atoms with van der Waals surface area (Å²) >= 11 is 0. The average Bonchev–Trinajstić information content (AvgIpc) is 3.13. The molecule has 108 valence electrons. The number of carbonyl (C=O) groups is 1. The van der Waals surface area contributed by atoms with Crippen molar-refractivity contribution in [2.75, 3.05) is 13.2 Å². The lowest BCUT2D eigenvalue weighted by molar-refractivity contribution is 0.0794. The first-order chi connectivity index (χ1) is 9.81. The number of nitrogens with zero attached hydrogens (tertiary/aromatic N) is 2. The Labute approximate surface area is 119 Å². The van der Waals surface area contributed by atoms with Gasteiger partial charge in [0.2, 0.25) is 0 Å². The predicted molar refractivity (Wildman–Crippen MR) is 75.2 cm³/mol. The minimum absolute atomic E-state index is 0.0276. The highest BCUT2D eigenvalue weighted by molar-refractivity contribution is 5.75. The second kappa shape index (κ2) is 6.22. The fraction of sp³-hybridized carbons (Fsp3) is 0.600. The van der Waals surface area contributed by atoms with Crippen LogP contribution in [0.4, 0.5) is 4.79 Å². The molecule has 2 amide bonds. The van der Waals surface area contributed by atoms with Crippen molar-refractivity contribution >= 4 is 6.03 Å². The number of carbonyl (C=O) groups excluding carboxylic acids is 1. The lowest BCUT2D eigenvalue weighted by Crippen LogP contribution is -2.44. The molecular formula is C15H21N3O2. The summed E-state index contributed by atoms with van der Waals surface area (Å²) in [5.74, 6) is 0. The van der Waals surface area contributed by atoms with E-state index in [1.54, 1.807) is 12.4 Å². The molecule has 20 heavy (non-hydrogen) atoms. The van der Waals surface area contributed by atoms with Crippen molar-refractivity contribution in [2.45, 2.75) is 44.4 Å². The van der Waals surface area contributed by atoms with Crippen LogP contribution in [0.15, 0.2) is 24.5 Å². The van der Waals surface area contributed by atoms with E-state index in [-0.39, 0.29) is 12.1 Å². The van der Waals surface area contributed by atoms with Crippen LogP contribution in [0.2, 0.25) is 0 Å². The molecule has 1 atom stereocenters. The molecule has 0 radical (unpaired) electrons. The summed E-state index contributed by atoms with van der Waals surface area (Å²) in [5, 5.41) is 3.06. The Morgan fingerprint density at radius 1 is 1.35 bits per heavy atom. The second-order valence-electron chi connectivity index (χ2n) is 5.59. The van der Waals surface area contributed by atoms with E-state index in [1.807, 2.05) is 17.0 Å². The van der Waals surface area contributed by atoms with Gasteiger partial charge in [-0.1, -0.05) is 0 Å². The van der Waals surface area contributed by atoms with Gasteiger partial charge in [0.25, 0.3) is 0 Å². The van der Waals surface area contributed by atoms with Crippen LogP contribution >= 0.6 is 0 Å². The van der Waals surface area contributed by atoms with Crippen LogP contribution in [0.3, 0.4) is 0 Å². The van der Waals surface area contributed by atoms with Crippen molar-refractivity contribution in [3.63, 3.8) is 0 Å². The standard InChI is InChI=1S/C15H21N3O2/c19-15(17-13-3-4-13)18(11-14-2-1-9-20-14)10-12-5-7-16-8-6-12/h5-8,13-14H,1-4,9-11H2,(H,17,19)/t14-/m1/s1. The van der Waals surface area contributed by atoms with Gasteiger partial charge in [0.1, 0.15) is 0 Å². The SMILES string of the molecule is O=C(NC1CC1)N(Cc1ccncc1)C[C@H]1CCCO1. The van der Waals surface area contributed by atoms with E-state index in [0.29, 0.717) is 19.1 Å². The van der Waals surface area contributed by atoms with E-state index in [2.05, 4.69) is 10.3 Å². The first-order valence-corrected chi connectivity index (χ1v) is 7.37. The lowest BCUT2D eigenvalue weighted by atomic mass is 10.2. The molecule has 1 saturated heterocycles. The minimum Gasteiger partial charge on any atom is -0.376 e. The zero-order valence-electron chi connectivity index (χ0n) is 11.6. The molecular weight excluding hydrogens is 254 g/mol. The van der Waals surface area contributed by atoms with Gasteiger partial charge in [-0.05, 0) is 43.4 Å². The molecule has 1 aromatic rings. The smallest absolute Gasteiger partial charge is 0.318 e. The van der Waals surface area contributed by atoms with E-state index in [0.717, 1.165) is 37.9 Å². The van der Waals surface area contributed by atoms with Crippen LogP contribution in [0, 0.1) is 0 Å². The number of aromatic nitrogens is 1. The molecule has 2 fully saturated rings. The first kappa shape index (κ1) is 13.4. The second-order valence-corrected chi connectivity index (χ2v) is 5.59. The number of amides is 2. The van der Waals surface area contributed by atoms with Crippen molar-refractivity contribution in [3.05, 3.63) is 30.1 Å². The van der Waals surface area contributed by atoms with E-state index in [4.69, 9.17) is 4.74 Å². The Morgan fingerprint density at radius 2 is 2.15 bits per heavy atom. The summed E-state index contributed by atoms with van der Waals surface area (Å²) in [4.78, 5) is 18.2. The topological polar surface area (TPSA) is 54.5 Å². The number of rotatable bonds is 5. The highest BCUT2D eigenvalue weighted by atomic mass is 16.5. The van der Waals surface area contributed by atoms with Crippen LogP contribution in [-0.4, -0.2) is 41.2 Å². The maximum absolute atomic E-state index is 12.3. The van der Waals surface area contributed by atoms with Gasteiger partial charge in [-0.3, -0.25) is 4.98 Å². The maximum Gasteiger partial charge on any atom is 0.318 e. The molecule has 1 saturated carbocycles. The summed E-state index contributed by atoms with van der Waals surface area (Å²) in [6.45, 7) is 2.10. The predicted octanol–water partition coefficient (Wildman–Crippen LogP) is 1.93. The zero-order chi connectivity index (χ0) is 13.8. The Bertz CT molecular complexity index is 442. The van der Waals surface area contributed by atoms with Gasteiger partial charge in [0.05, 0.1) is 6.10 Å². The lowest BCUT2D eigenvalue weighted by Gasteiger charge is -2.25. The molecule has 1 N–H and O–H groups in total. The van der Waals surface area contributed by atoms with Gasteiger partial charge in [0, 0.05) is 38.1 Å². The third kappa shape index (κ3) is 3.70. The van der Waals surface area contributed by atoms with Gasteiger partial charge < -0.3 is 15.0 Å². The third-order valence-corrected chi connectivity index (χ3v) is 3.76. The molecule has 5 heteroatoms. The summed E-state index contributed by atoms with van der Waals surface area (Å²) in [6, 6.07) is 4.31. The molecule has 1 aromatic heterocycles. The molecule has 0 unspecified atom stereocenters. The summed E-state index contributed by atoms with van der Waals surface area (Å²) in [6.07, 6.45) is 8.06. The van der Waals surface area contributed by atoms with Crippen molar-refractivity contribution in [2.24, 2.45) is 0 Å². The molecule has 0 spiro atoms.